The van der Waals surface area contributed by atoms with E-state index in [-0.39, 0.29) is 5.91 Å². The first kappa shape index (κ1) is 11.2. The summed E-state index contributed by atoms with van der Waals surface area (Å²) in [5.41, 5.74) is 0. The molecular formula is C8H13NO2S. The minimum absolute atomic E-state index is 0.242. The number of amides is 2. The maximum absolute atomic E-state index is 10.9. The molecule has 0 aliphatic heterocycles. The van der Waals surface area contributed by atoms with Crippen molar-refractivity contribution in [2.75, 3.05) is 0 Å². The van der Waals surface area contributed by atoms with Crippen molar-refractivity contribution in [2.24, 2.45) is 0 Å². The number of hydrogen-bond donors (Lipinski definition) is 2. The van der Waals surface area contributed by atoms with Crippen LogP contribution in [0.1, 0.15) is 26.7 Å². The van der Waals surface area contributed by atoms with Crippen molar-refractivity contribution >= 4 is 24.4 Å². The molecule has 1 N–H and O–H groups in total. The maximum Gasteiger partial charge on any atom is 0.251 e. The summed E-state index contributed by atoms with van der Waals surface area (Å²) in [5.74, 6) is -0.644. The van der Waals surface area contributed by atoms with Gasteiger partial charge in [-0.2, -0.15) is 0 Å². The van der Waals surface area contributed by atoms with Crippen LogP contribution in [0.2, 0.25) is 0 Å². The summed E-state index contributed by atoms with van der Waals surface area (Å²) >= 11 is 3.90. The second-order valence-electron chi connectivity index (χ2n) is 2.45. The third kappa shape index (κ3) is 5.97. The molecule has 0 saturated heterocycles. The first-order valence-electron chi connectivity index (χ1n) is 3.77. The van der Waals surface area contributed by atoms with Crippen molar-refractivity contribution in [1.29, 1.82) is 0 Å². The molecule has 0 aromatic heterocycles. The van der Waals surface area contributed by atoms with Gasteiger partial charge in [-0.05, 0) is 18.2 Å². The standard InChI is InChI=1S/C8H13NO2S/c1-3-4-7(10)9-8(11)5-6(2)12/h5,12H,3-4H2,1-2H3,(H,9,10,11). The molecule has 0 unspecified atom stereocenters. The highest BCUT2D eigenvalue weighted by Gasteiger charge is 2.02. The summed E-state index contributed by atoms with van der Waals surface area (Å²) in [6, 6.07) is 0. The maximum atomic E-state index is 10.9. The molecule has 0 bridgehead atoms. The Morgan fingerprint density at radius 3 is 2.50 bits per heavy atom. The lowest BCUT2D eigenvalue weighted by Crippen LogP contribution is -2.28. The van der Waals surface area contributed by atoms with Gasteiger partial charge in [-0.1, -0.05) is 6.92 Å². The average molecular weight is 187 g/mol. The first-order valence-corrected chi connectivity index (χ1v) is 4.22. The van der Waals surface area contributed by atoms with E-state index in [1.807, 2.05) is 6.92 Å². The van der Waals surface area contributed by atoms with Gasteiger partial charge in [-0.15, -0.1) is 12.6 Å². The minimum atomic E-state index is -0.402. The summed E-state index contributed by atoms with van der Waals surface area (Å²) in [5, 5.41) is 2.21. The summed E-state index contributed by atoms with van der Waals surface area (Å²) in [6.45, 7) is 3.55. The highest BCUT2D eigenvalue weighted by molar-refractivity contribution is 7.84. The molecule has 0 fully saturated rings. The van der Waals surface area contributed by atoms with E-state index in [4.69, 9.17) is 0 Å². The van der Waals surface area contributed by atoms with E-state index in [1.54, 1.807) is 6.92 Å². The number of carbonyl (C=O) groups is 2. The lowest BCUT2D eigenvalue weighted by molar-refractivity contribution is -0.128. The normalized spacial score (nSPS) is 11.1. The Bertz CT molecular complexity index is 207. The van der Waals surface area contributed by atoms with Crippen LogP contribution in [0.5, 0.6) is 0 Å². The molecule has 0 aliphatic rings. The van der Waals surface area contributed by atoms with Crippen LogP contribution in [-0.4, -0.2) is 11.8 Å². The Morgan fingerprint density at radius 1 is 1.50 bits per heavy atom. The smallest absolute Gasteiger partial charge is 0.251 e. The Balaban J connectivity index is 3.85. The average Bonchev–Trinajstić information content (AvgIpc) is 1.84. The fourth-order valence-electron chi connectivity index (χ4n) is 0.653. The van der Waals surface area contributed by atoms with E-state index < -0.39 is 5.91 Å². The van der Waals surface area contributed by atoms with Gasteiger partial charge in [-0.3, -0.25) is 14.9 Å². The lowest BCUT2D eigenvalue weighted by Gasteiger charge is -1.98. The Morgan fingerprint density at radius 2 is 2.08 bits per heavy atom. The molecule has 0 aliphatic carbocycles. The molecule has 2 amide bonds. The number of carbonyl (C=O) groups excluding carboxylic acids is 2. The third-order valence-corrected chi connectivity index (χ3v) is 1.21. The van der Waals surface area contributed by atoms with Crippen molar-refractivity contribution in [1.82, 2.24) is 5.32 Å². The van der Waals surface area contributed by atoms with Crippen molar-refractivity contribution in [3.8, 4) is 0 Å². The molecule has 12 heavy (non-hydrogen) atoms. The fraction of sp³-hybridized carbons (Fsp3) is 0.500. The van der Waals surface area contributed by atoms with Crippen LogP contribution in [-0.2, 0) is 9.59 Å². The van der Waals surface area contributed by atoms with Gasteiger partial charge in [0.15, 0.2) is 0 Å². The highest BCUT2D eigenvalue weighted by Crippen LogP contribution is 1.95. The van der Waals surface area contributed by atoms with E-state index in [0.717, 1.165) is 6.42 Å². The molecule has 0 atom stereocenters. The molecule has 68 valence electrons. The zero-order chi connectivity index (χ0) is 9.56. The van der Waals surface area contributed by atoms with Gasteiger partial charge in [0.1, 0.15) is 0 Å². The summed E-state index contributed by atoms with van der Waals surface area (Å²) in [4.78, 5) is 22.3. The second kappa shape index (κ2) is 5.83. The zero-order valence-corrected chi connectivity index (χ0v) is 8.15. The highest BCUT2D eigenvalue weighted by atomic mass is 32.1. The van der Waals surface area contributed by atoms with Crippen LogP contribution in [0.3, 0.4) is 0 Å². The van der Waals surface area contributed by atoms with Crippen molar-refractivity contribution in [2.45, 2.75) is 26.7 Å². The molecule has 4 heteroatoms. The van der Waals surface area contributed by atoms with E-state index in [9.17, 15) is 9.59 Å². The predicted octanol–water partition coefficient (Wildman–Crippen LogP) is 1.26. The number of hydrogen-bond acceptors (Lipinski definition) is 3. The van der Waals surface area contributed by atoms with Crippen LogP contribution in [0, 0.1) is 0 Å². The van der Waals surface area contributed by atoms with Gasteiger partial charge in [-0.25, -0.2) is 0 Å². The van der Waals surface area contributed by atoms with E-state index >= 15 is 0 Å². The number of rotatable bonds is 3. The Kier molecular flexibility index (Phi) is 5.45. The number of thiol groups is 1. The number of allylic oxidation sites excluding steroid dienone is 1. The molecule has 0 aromatic rings. The van der Waals surface area contributed by atoms with Crippen LogP contribution in [0.15, 0.2) is 11.0 Å². The van der Waals surface area contributed by atoms with Gasteiger partial charge < -0.3 is 0 Å². The molecule has 0 heterocycles. The van der Waals surface area contributed by atoms with Gasteiger partial charge >= 0.3 is 0 Å². The molecule has 0 radical (unpaired) electrons. The van der Waals surface area contributed by atoms with Crippen molar-refractivity contribution in [3.63, 3.8) is 0 Å². The van der Waals surface area contributed by atoms with Gasteiger partial charge in [0, 0.05) is 12.5 Å². The quantitative estimate of drug-likeness (QED) is 0.516. The lowest BCUT2D eigenvalue weighted by atomic mass is 10.3. The first-order chi connectivity index (χ1) is 5.56. The van der Waals surface area contributed by atoms with Crippen LogP contribution >= 0.6 is 12.6 Å². The minimum Gasteiger partial charge on any atom is -0.293 e. The fourth-order valence-corrected chi connectivity index (χ4v) is 0.770. The van der Waals surface area contributed by atoms with Crippen molar-refractivity contribution < 1.29 is 9.59 Å². The molecule has 0 rings (SSSR count). The molecular weight excluding hydrogens is 174 g/mol. The molecule has 0 aromatic carbocycles. The third-order valence-electron chi connectivity index (χ3n) is 1.08. The Hall–Kier alpha value is -0.770. The van der Waals surface area contributed by atoms with Crippen molar-refractivity contribution in [3.05, 3.63) is 11.0 Å². The van der Waals surface area contributed by atoms with E-state index in [1.165, 1.54) is 6.08 Å². The number of imide groups is 1. The Labute approximate surface area is 77.6 Å². The summed E-state index contributed by atoms with van der Waals surface area (Å²) in [6.07, 6.45) is 2.39. The molecule has 0 spiro atoms. The van der Waals surface area contributed by atoms with Gasteiger partial charge in [0.2, 0.25) is 5.91 Å². The predicted molar refractivity (Wildman–Crippen MR) is 50.8 cm³/mol. The topological polar surface area (TPSA) is 46.2 Å². The SMILES string of the molecule is CCCC(=O)NC(=O)C=C(C)S. The van der Waals surface area contributed by atoms with Crippen LogP contribution in [0.25, 0.3) is 0 Å². The van der Waals surface area contributed by atoms with Crippen LogP contribution < -0.4 is 5.32 Å². The number of nitrogens with one attached hydrogen (secondary N) is 1. The second-order valence-corrected chi connectivity index (χ2v) is 3.15. The zero-order valence-electron chi connectivity index (χ0n) is 7.26. The monoisotopic (exact) mass is 187 g/mol. The molecule has 0 saturated carbocycles. The van der Waals surface area contributed by atoms with Gasteiger partial charge in [0.05, 0.1) is 0 Å². The summed E-state index contributed by atoms with van der Waals surface area (Å²) in [7, 11) is 0. The van der Waals surface area contributed by atoms with E-state index in [0.29, 0.717) is 11.3 Å². The van der Waals surface area contributed by atoms with E-state index in [2.05, 4.69) is 17.9 Å². The summed E-state index contributed by atoms with van der Waals surface area (Å²) < 4.78 is 0. The largest absolute Gasteiger partial charge is 0.293 e. The molecule has 3 nitrogen and oxygen atoms in total. The van der Waals surface area contributed by atoms with Crippen LogP contribution in [0.4, 0.5) is 0 Å². The van der Waals surface area contributed by atoms with Gasteiger partial charge in [0.25, 0.3) is 5.91 Å².